The Hall–Kier alpha value is 0.923. The summed E-state index contributed by atoms with van der Waals surface area (Å²) >= 11 is 18.0. The van der Waals surface area contributed by atoms with Gasteiger partial charge in [-0.15, -0.1) is 52.6 Å². The van der Waals surface area contributed by atoms with Crippen molar-refractivity contribution in [3.05, 3.63) is 101 Å². The summed E-state index contributed by atoms with van der Waals surface area (Å²) in [7, 11) is 0. The van der Waals surface area contributed by atoms with E-state index in [4.69, 9.17) is 0 Å². The average Bonchev–Trinajstić information content (AvgIpc) is 2.98. The van der Waals surface area contributed by atoms with E-state index in [-0.39, 0.29) is 79.1 Å². The Labute approximate surface area is 307 Å². The third-order valence-electron chi connectivity index (χ3n) is 2.80. The number of rotatable bonds is 24. The van der Waals surface area contributed by atoms with Gasteiger partial charge in [0.2, 0.25) is 0 Å². The van der Waals surface area contributed by atoms with Crippen LogP contribution in [0.15, 0.2) is 101 Å². The van der Waals surface area contributed by atoms with Crippen molar-refractivity contribution in [1.29, 1.82) is 0 Å². The predicted octanol–water partition coefficient (Wildman–Crippen LogP) is 3.90. The first kappa shape index (κ1) is 55.3. The second kappa shape index (κ2) is 36.2. The first-order chi connectivity index (χ1) is 20.5. The Balaban J connectivity index is -0.000000157. The molecule has 0 amide bonds. The van der Waals surface area contributed by atoms with Gasteiger partial charge in [0.15, 0.2) is 0 Å². The Morgan fingerprint density at radius 2 is 0.422 bits per heavy atom. The molecular weight excluding hydrogens is 824 g/mol. The molecule has 0 atom stereocenters. The maximum absolute atomic E-state index is 11.0. The summed E-state index contributed by atoms with van der Waals surface area (Å²) in [5.74, 6) is 0. The molecule has 0 N–H and O–H groups in total. The van der Waals surface area contributed by atoms with Crippen LogP contribution in [-0.2, 0) is 110 Å². The van der Waals surface area contributed by atoms with E-state index in [1.807, 2.05) is 0 Å². The van der Waals surface area contributed by atoms with Crippen molar-refractivity contribution in [2.45, 2.75) is 0 Å². The minimum Gasteiger partial charge on any atom is -0.780 e. The van der Waals surface area contributed by atoms with Gasteiger partial charge in [-0.3, -0.25) is 0 Å². The second-order valence-corrected chi connectivity index (χ2v) is 17.5. The molecule has 256 valence electrons. The van der Waals surface area contributed by atoms with Crippen LogP contribution in [0.4, 0.5) is 0 Å². The molecule has 0 heterocycles. The van der Waals surface area contributed by atoms with E-state index in [2.05, 4.69) is 136 Å². The monoisotopic (exact) mass is 862 g/mol. The molecule has 0 saturated carbocycles. The van der Waals surface area contributed by atoms with Crippen LogP contribution >= 0.6 is 26.9 Å². The summed E-state index contributed by atoms with van der Waals surface area (Å²) in [4.78, 5) is 44.0. The van der Waals surface area contributed by atoms with E-state index in [1.54, 1.807) is 0 Å². The van der Waals surface area contributed by atoms with Crippen molar-refractivity contribution < 1.29 is 82.0 Å². The molecule has 0 aliphatic rings. The maximum atomic E-state index is 11.0. The van der Waals surface area contributed by atoms with Gasteiger partial charge in [0, 0.05) is 0 Å². The van der Waals surface area contributed by atoms with Crippen molar-refractivity contribution in [3.8, 4) is 0 Å². The molecule has 0 radical (unpaired) electrons. The Morgan fingerprint density at radius 1 is 0.333 bits per heavy atom. The first-order valence-electron chi connectivity index (χ1n) is 11.8. The fourth-order valence-electron chi connectivity index (χ4n) is 1.30. The maximum Gasteiger partial charge on any atom is 4.00 e. The quantitative estimate of drug-likeness (QED) is 0.101. The van der Waals surface area contributed by atoms with Crippen LogP contribution in [0.2, 0.25) is 0 Å². The molecule has 0 rings (SSSR count). The summed E-state index contributed by atoms with van der Waals surface area (Å²) in [6.07, 6.45) is 11.6. The van der Waals surface area contributed by atoms with E-state index >= 15 is 0 Å². The summed E-state index contributed by atoms with van der Waals surface area (Å²) in [6.45, 7) is 15.0. The van der Waals surface area contributed by atoms with Crippen molar-refractivity contribution >= 4 is 74.1 Å². The molecule has 0 bridgehead atoms. The van der Waals surface area contributed by atoms with Gasteiger partial charge in [-0.05, 0) is 0 Å². The van der Waals surface area contributed by atoms with E-state index in [0.29, 0.717) is 0 Å². The molecule has 12 nitrogen and oxygen atoms in total. The topological polar surface area (TPSA) is 166 Å². The van der Waals surface area contributed by atoms with Crippen LogP contribution in [0, 0.1) is 0 Å². The summed E-state index contributed by atoms with van der Waals surface area (Å²) in [6, 6.07) is 0. The Morgan fingerprint density at radius 3 is 0.489 bits per heavy atom. The van der Waals surface area contributed by atoms with Gasteiger partial charge in [0.25, 0.3) is 0 Å². The third kappa shape index (κ3) is 49.4. The molecule has 0 unspecified atom stereocenters. The minimum atomic E-state index is -3.28. The third-order valence-corrected chi connectivity index (χ3v) is 9.06. The summed E-state index contributed by atoms with van der Waals surface area (Å²) in [5, 5.41) is 0. The zero-order valence-corrected chi connectivity index (χ0v) is 34.1. The molecule has 0 aromatic heterocycles. The van der Waals surface area contributed by atoms with Crippen molar-refractivity contribution in [2.75, 3.05) is 52.9 Å². The Bertz CT molecular complexity index is 826. The zero-order valence-electron chi connectivity index (χ0n) is 24.8. The zero-order chi connectivity index (χ0) is 35.0. The van der Waals surface area contributed by atoms with Gasteiger partial charge < -0.3 is 55.8 Å². The van der Waals surface area contributed by atoms with Crippen LogP contribution in [0.1, 0.15) is 0 Å². The van der Waals surface area contributed by atoms with Crippen LogP contribution in [-0.4, -0.2) is 52.9 Å². The fraction of sp³-hybridized carbons (Fsp3) is 0.333. The molecule has 0 saturated heterocycles. The first-order valence-corrected chi connectivity index (χ1v) is 22.0. The predicted molar refractivity (Wildman–Crippen MR) is 186 cm³/mol. The standard InChI is InChI=1S/4C6H11O3PS.Zr/c4*1-3-5-8-10(7,11)9-6-4-2;/h4*3-4H,1-2,5-6H2,(H,7,11);/q;;;;+4/p-4. The van der Waals surface area contributed by atoms with Crippen molar-refractivity contribution in [3.63, 3.8) is 0 Å². The molecule has 0 aliphatic heterocycles. The fourth-order valence-corrected chi connectivity index (χ4v) is 5.36. The number of hydrogen-bond donors (Lipinski definition) is 0. The molecule has 45 heavy (non-hydrogen) atoms. The molecule has 0 aromatic rings. The van der Waals surface area contributed by atoms with Crippen LogP contribution in [0.25, 0.3) is 0 Å². The number of hydrogen-bond acceptors (Lipinski definition) is 16. The van der Waals surface area contributed by atoms with Gasteiger partial charge in [0.05, 0.1) is 52.9 Å². The SMILES string of the molecule is C=CCOP([O-])(=S)OCC=C.C=CCOP([O-])(=S)OCC=C.C=CCOP([O-])(=S)OCC=C.C=CCOP([O-])(=S)OCC=C.[Zr+4]. The summed E-state index contributed by atoms with van der Waals surface area (Å²) < 4.78 is 37.3. The molecule has 0 fully saturated rings. The Kier molecular flexibility index (Phi) is 44.5. The van der Waals surface area contributed by atoms with Gasteiger partial charge in [-0.1, -0.05) is 95.8 Å². The van der Waals surface area contributed by atoms with Gasteiger partial charge in [-0.2, -0.15) is 0 Å². The van der Waals surface area contributed by atoms with E-state index in [9.17, 15) is 19.6 Å². The van der Waals surface area contributed by atoms with E-state index in [0.717, 1.165) is 0 Å². The second-order valence-electron chi connectivity index (χ2n) is 6.46. The molecule has 0 aromatic carbocycles. The van der Waals surface area contributed by atoms with Gasteiger partial charge >= 0.3 is 26.2 Å². The average molecular weight is 864 g/mol. The molecule has 0 spiro atoms. The van der Waals surface area contributed by atoms with E-state index in [1.165, 1.54) is 48.6 Å². The van der Waals surface area contributed by atoms with Crippen molar-refractivity contribution in [1.82, 2.24) is 0 Å². The largest absolute Gasteiger partial charge is 4.00 e. The van der Waals surface area contributed by atoms with Crippen LogP contribution < -0.4 is 19.6 Å². The smallest absolute Gasteiger partial charge is 0.780 e. The van der Waals surface area contributed by atoms with E-state index < -0.39 is 26.9 Å². The normalized spacial score (nSPS) is 10.8. The van der Waals surface area contributed by atoms with Gasteiger partial charge in [-0.25, -0.2) is 0 Å². The molecular formula is C24H40O12P4S4Zr. The molecule has 21 heteroatoms. The minimum absolute atomic E-state index is 0. The summed E-state index contributed by atoms with van der Waals surface area (Å²) in [5.41, 5.74) is 0. The molecule has 0 aliphatic carbocycles. The van der Waals surface area contributed by atoms with Crippen LogP contribution in [0.5, 0.6) is 0 Å². The van der Waals surface area contributed by atoms with Crippen LogP contribution in [0.3, 0.4) is 0 Å². The van der Waals surface area contributed by atoms with Crippen molar-refractivity contribution in [2.24, 2.45) is 0 Å². The van der Waals surface area contributed by atoms with Gasteiger partial charge in [0.1, 0.15) is 26.9 Å².